The fraction of sp³-hybridized carbons (Fsp3) is 0.192. The molecule has 1 heterocycles. The minimum Gasteiger partial charge on any atom is -0.452 e. The lowest BCUT2D eigenvalue weighted by Gasteiger charge is -2.22. The van der Waals surface area contributed by atoms with Crippen molar-refractivity contribution in [2.24, 2.45) is 0 Å². The molecule has 2 amide bonds. The van der Waals surface area contributed by atoms with E-state index in [1.54, 1.807) is 29.2 Å². The molecule has 1 aliphatic rings. The van der Waals surface area contributed by atoms with Crippen molar-refractivity contribution in [1.82, 2.24) is 0 Å². The Hall–Kier alpha value is -3.93. The number of benzene rings is 3. The van der Waals surface area contributed by atoms with Gasteiger partial charge in [0.05, 0.1) is 17.7 Å². The van der Waals surface area contributed by atoms with E-state index in [1.807, 2.05) is 61.5 Å². The monoisotopic (exact) mass is 428 g/mol. The van der Waals surface area contributed by atoms with Crippen LogP contribution in [0.1, 0.15) is 28.4 Å². The highest BCUT2D eigenvalue weighted by atomic mass is 16.5. The molecule has 0 aromatic heterocycles. The first-order chi connectivity index (χ1) is 15.5. The van der Waals surface area contributed by atoms with Gasteiger partial charge in [0.2, 0.25) is 5.91 Å². The molecule has 0 radical (unpaired) electrons. The van der Waals surface area contributed by atoms with Gasteiger partial charge in [-0.15, -0.1) is 0 Å². The Balaban J connectivity index is 1.40. The standard InChI is InChI=1S/C26H24N2O4/c1-18-15-20-11-5-8-14-23(20)28(18)25(30)17-32-26(31)21-12-6-7-13-22(21)27-24(29)16-19-9-3-2-4-10-19/h2-14,18H,15-17H2,1H3,(H,27,29). The highest BCUT2D eigenvalue weighted by molar-refractivity contribution is 6.03. The number of nitrogens with zero attached hydrogens (tertiary/aromatic N) is 1. The highest BCUT2D eigenvalue weighted by Crippen LogP contribution is 2.31. The zero-order valence-electron chi connectivity index (χ0n) is 17.8. The van der Waals surface area contributed by atoms with Gasteiger partial charge in [-0.3, -0.25) is 9.59 Å². The van der Waals surface area contributed by atoms with E-state index in [1.165, 1.54) is 0 Å². The lowest BCUT2D eigenvalue weighted by atomic mass is 10.1. The van der Waals surface area contributed by atoms with Crippen LogP contribution in [0.5, 0.6) is 0 Å². The second-order valence-corrected chi connectivity index (χ2v) is 7.78. The molecule has 0 spiro atoms. The van der Waals surface area contributed by atoms with Crippen molar-refractivity contribution in [2.75, 3.05) is 16.8 Å². The van der Waals surface area contributed by atoms with Gasteiger partial charge in [-0.25, -0.2) is 4.79 Å². The van der Waals surface area contributed by atoms with Crippen LogP contribution in [0.25, 0.3) is 0 Å². The Kier molecular flexibility index (Phi) is 6.31. The molecule has 162 valence electrons. The third-order valence-electron chi connectivity index (χ3n) is 5.43. The number of carbonyl (C=O) groups is 3. The smallest absolute Gasteiger partial charge is 0.340 e. The van der Waals surface area contributed by atoms with E-state index in [9.17, 15) is 14.4 Å². The summed E-state index contributed by atoms with van der Waals surface area (Å²) in [6.07, 6.45) is 0.959. The van der Waals surface area contributed by atoms with Crippen molar-refractivity contribution in [3.05, 3.63) is 95.6 Å². The number of nitrogens with one attached hydrogen (secondary N) is 1. The van der Waals surface area contributed by atoms with Crippen LogP contribution >= 0.6 is 0 Å². The summed E-state index contributed by atoms with van der Waals surface area (Å²) in [5.74, 6) is -1.18. The predicted molar refractivity (Wildman–Crippen MR) is 123 cm³/mol. The van der Waals surface area contributed by atoms with Gasteiger partial charge in [0.15, 0.2) is 6.61 Å². The van der Waals surface area contributed by atoms with Gasteiger partial charge < -0.3 is 15.0 Å². The molecule has 6 nitrogen and oxygen atoms in total. The fourth-order valence-electron chi connectivity index (χ4n) is 3.97. The van der Waals surface area contributed by atoms with E-state index in [2.05, 4.69) is 5.32 Å². The van der Waals surface area contributed by atoms with Crippen LogP contribution in [0.15, 0.2) is 78.9 Å². The van der Waals surface area contributed by atoms with E-state index in [0.717, 1.165) is 23.2 Å². The zero-order chi connectivity index (χ0) is 22.5. The molecule has 32 heavy (non-hydrogen) atoms. The molecule has 3 aromatic rings. The maximum Gasteiger partial charge on any atom is 0.340 e. The summed E-state index contributed by atoms with van der Waals surface area (Å²) in [6, 6.07) is 23.7. The molecule has 0 saturated carbocycles. The number of amides is 2. The number of carbonyl (C=O) groups excluding carboxylic acids is 3. The lowest BCUT2D eigenvalue weighted by Crippen LogP contribution is -2.38. The first-order valence-electron chi connectivity index (χ1n) is 10.5. The largest absolute Gasteiger partial charge is 0.452 e. The Morgan fingerprint density at radius 2 is 1.62 bits per heavy atom. The molecule has 0 fully saturated rings. The minimum absolute atomic E-state index is 0.00293. The number of anilines is 2. The van der Waals surface area contributed by atoms with E-state index in [4.69, 9.17) is 4.74 Å². The first-order valence-corrected chi connectivity index (χ1v) is 10.5. The number of para-hydroxylation sites is 2. The van der Waals surface area contributed by atoms with Gasteiger partial charge >= 0.3 is 5.97 Å². The van der Waals surface area contributed by atoms with Crippen LogP contribution in [0, 0.1) is 0 Å². The van der Waals surface area contributed by atoms with Crippen LogP contribution in [-0.2, 0) is 27.2 Å². The van der Waals surface area contributed by atoms with E-state index in [-0.39, 0.29) is 36.4 Å². The molecule has 0 aliphatic carbocycles. The molecule has 1 unspecified atom stereocenters. The summed E-state index contributed by atoms with van der Waals surface area (Å²) >= 11 is 0. The van der Waals surface area contributed by atoms with E-state index < -0.39 is 5.97 Å². The fourth-order valence-corrected chi connectivity index (χ4v) is 3.97. The summed E-state index contributed by atoms with van der Waals surface area (Å²) < 4.78 is 5.32. The molecular formula is C26H24N2O4. The number of esters is 1. The average molecular weight is 428 g/mol. The number of rotatable bonds is 6. The van der Waals surface area contributed by atoms with Crippen molar-refractivity contribution >= 4 is 29.2 Å². The quantitative estimate of drug-likeness (QED) is 0.602. The summed E-state index contributed by atoms with van der Waals surface area (Å²) in [5, 5.41) is 2.77. The van der Waals surface area contributed by atoms with E-state index >= 15 is 0 Å². The van der Waals surface area contributed by atoms with Gasteiger partial charge in [0.25, 0.3) is 5.91 Å². The van der Waals surface area contributed by atoms with Crippen molar-refractivity contribution < 1.29 is 19.1 Å². The van der Waals surface area contributed by atoms with Gasteiger partial charge in [-0.1, -0.05) is 60.7 Å². The Morgan fingerprint density at radius 1 is 0.938 bits per heavy atom. The number of hydrogen-bond donors (Lipinski definition) is 1. The Bertz CT molecular complexity index is 1140. The van der Waals surface area contributed by atoms with Gasteiger partial charge in [-0.2, -0.15) is 0 Å². The summed E-state index contributed by atoms with van der Waals surface area (Å²) in [4.78, 5) is 39.6. The maximum atomic E-state index is 12.8. The normalized spacial score (nSPS) is 14.5. The van der Waals surface area contributed by atoms with Crippen LogP contribution in [-0.4, -0.2) is 30.4 Å². The third kappa shape index (κ3) is 4.70. The maximum absolute atomic E-state index is 12.8. The third-order valence-corrected chi connectivity index (χ3v) is 5.43. The van der Waals surface area contributed by atoms with Crippen molar-refractivity contribution in [1.29, 1.82) is 0 Å². The average Bonchev–Trinajstić information content (AvgIpc) is 3.14. The van der Waals surface area contributed by atoms with Crippen LogP contribution in [0.3, 0.4) is 0 Å². The summed E-state index contributed by atoms with van der Waals surface area (Å²) in [7, 11) is 0. The molecule has 1 aliphatic heterocycles. The topological polar surface area (TPSA) is 75.7 Å². The number of hydrogen-bond acceptors (Lipinski definition) is 4. The SMILES string of the molecule is CC1Cc2ccccc2N1C(=O)COC(=O)c1ccccc1NC(=O)Cc1ccccc1. The molecule has 0 saturated heterocycles. The van der Waals surface area contributed by atoms with E-state index in [0.29, 0.717) is 5.69 Å². The molecule has 6 heteroatoms. The van der Waals surface area contributed by atoms with Crippen molar-refractivity contribution in [3.8, 4) is 0 Å². The zero-order valence-corrected chi connectivity index (χ0v) is 17.8. The van der Waals surface area contributed by atoms with Crippen molar-refractivity contribution in [3.63, 3.8) is 0 Å². The summed E-state index contributed by atoms with van der Waals surface area (Å²) in [6.45, 7) is 1.60. The van der Waals surface area contributed by atoms with Gasteiger partial charge in [-0.05, 0) is 42.7 Å². The van der Waals surface area contributed by atoms with Crippen molar-refractivity contribution in [2.45, 2.75) is 25.8 Å². The predicted octanol–water partition coefficient (Wildman–Crippen LogP) is 4.00. The molecule has 1 atom stereocenters. The van der Waals surface area contributed by atoms with Crippen LogP contribution in [0.2, 0.25) is 0 Å². The minimum atomic E-state index is -0.658. The summed E-state index contributed by atoms with van der Waals surface area (Å²) in [5.41, 5.74) is 3.39. The highest BCUT2D eigenvalue weighted by Gasteiger charge is 2.31. The number of ether oxygens (including phenoxy) is 1. The Morgan fingerprint density at radius 3 is 2.44 bits per heavy atom. The second kappa shape index (κ2) is 9.47. The molecule has 0 bridgehead atoms. The van der Waals surface area contributed by atoms with Gasteiger partial charge in [0.1, 0.15) is 0 Å². The first kappa shape index (κ1) is 21.3. The molecular weight excluding hydrogens is 404 g/mol. The Labute approximate surface area is 186 Å². The van der Waals surface area contributed by atoms with Crippen LogP contribution in [0.4, 0.5) is 11.4 Å². The second-order valence-electron chi connectivity index (χ2n) is 7.78. The lowest BCUT2D eigenvalue weighted by molar-refractivity contribution is -0.122. The molecule has 3 aromatic carbocycles. The van der Waals surface area contributed by atoms with Gasteiger partial charge in [0, 0.05) is 11.7 Å². The number of fused-ring (bicyclic) bond motifs is 1. The van der Waals surface area contributed by atoms with Crippen LogP contribution < -0.4 is 10.2 Å². The molecule has 4 rings (SSSR count). The molecule has 1 N–H and O–H groups in total.